The molecule has 0 saturated heterocycles. The predicted molar refractivity (Wildman–Crippen MR) is 564 cm³/mol. The van der Waals surface area contributed by atoms with Gasteiger partial charge in [-0.15, -0.1) is 0 Å². The first kappa shape index (κ1) is 138. The van der Waals surface area contributed by atoms with Gasteiger partial charge in [-0.25, -0.2) is 30.7 Å². The Balaban J connectivity index is 0.00000152. The summed E-state index contributed by atoms with van der Waals surface area (Å²) >= 11 is 0. The molecule has 836 valence electrons. The van der Waals surface area contributed by atoms with Gasteiger partial charge in [0.2, 0.25) is 12.3 Å². The SMILES string of the molecule is C.CC(C)C1CC1(C(C)C)C(F)(F)F.CC(C)C1CC1(C(C)C)C(F)F.CC(C)C1CC1(CC(F)(F)F)C(C)C.CC(C)C1CCCC1(C(C)C)C(C)F.CC(C)C1CCCC1(C(C)C)C(F)(F)F.CC(C)C1CCCC1(CC(C)(F)F)C(C)C.CC(F)CC1(C(C)C)CC1C(C)C.CC(F)CC1(C(C)C)CCCC1C(C)C.COCC1(C(C)C)CC1C(C)C.COCC1(C(C)C)CCCC1C(C)C. The molecule has 0 aromatic carbocycles. The molecule has 0 aromatic rings. The van der Waals surface area contributed by atoms with Crippen LogP contribution in [0.25, 0.3) is 0 Å². The molecule has 10 aliphatic carbocycles. The van der Waals surface area contributed by atoms with Gasteiger partial charge in [0, 0.05) is 37.9 Å². The lowest BCUT2D eigenvalue weighted by molar-refractivity contribution is -0.257. The maximum atomic E-state index is 13.9. The summed E-state index contributed by atoms with van der Waals surface area (Å²) in [6.07, 6.45) is 5.83. The first-order chi connectivity index (χ1) is 62.6. The Morgan fingerprint density at radius 3 is 0.770 bits per heavy atom. The van der Waals surface area contributed by atoms with E-state index in [9.17, 15) is 70.2 Å². The molecule has 18 heteroatoms. The van der Waals surface area contributed by atoms with Gasteiger partial charge in [0.1, 0.15) is 6.17 Å². The summed E-state index contributed by atoms with van der Waals surface area (Å²) in [5.41, 5.74) is -2.47. The van der Waals surface area contributed by atoms with E-state index >= 15 is 0 Å². The molecule has 0 amide bonds. The van der Waals surface area contributed by atoms with Crippen LogP contribution in [0.5, 0.6) is 0 Å². The topological polar surface area (TPSA) is 18.5 Å². The van der Waals surface area contributed by atoms with Gasteiger partial charge in [-0.2, -0.15) is 39.5 Å². The van der Waals surface area contributed by atoms with Crippen LogP contribution < -0.4 is 0 Å². The highest BCUT2D eigenvalue weighted by Gasteiger charge is 2.73. The zero-order valence-electron chi connectivity index (χ0n) is 97.9. The summed E-state index contributed by atoms with van der Waals surface area (Å²) in [6.45, 7) is 92.7. The molecule has 139 heavy (non-hydrogen) atoms. The fraction of sp³-hybridized carbons (Fsp3) is 1.00. The summed E-state index contributed by atoms with van der Waals surface area (Å²) in [7, 11) is 3.67. The van der Waals surface area contributed by atoms with Crippen molar-refractivity contribution < 1.29 is 79.7 Å². The maximum Gasteiger partial charge on any atom is 0.395 e. The Morgan fingerprint density at radius 2 is 0.532 bits per heavy atom. The Labute approximate surface area is 849 Å². The van der Waals surface area contributed by atoms with E-state index in [2.05, 4.69) is 166 Å². The average Bonchev–Trinajstić information content (AvgIpc) is 1.56. The summed E-state index contributed by atoms with van der Waals surface area (Å²) in [6, 6.07) is 0. The lowest BCUT2D eigenvalue weighted by Crippen LogP contribution is -2.47. The van der Waals surface area contributed by atoms with Gasteiger partial charge in [0.15, 0.2) is 0 Å². The molecule has 0 bridgehead atoms. The second kappa shape index (κ2) is 55.7. The third-order valence-electron chi connectivity index (χ3n) is 39.6. The average molecular weight is 2020 g/mol. The predicted octanol–water partition coefficient (Wildman–Crippen LogP) is 42.1. The second-order valence-corrected chi connectivity index (χ2v) is 54.0. The van der Waals surface area contributed by atoms with Crippen molar-refractivity contribution in [3.05, 3.63) is 0 Å². The van der Waals surface area contributed by atoms with Crippen molar-refractivity contribution in [1.82, 2.24) is 0 Å². The number of hydrogen-bond donors (Lipinski definition) is 0. The molecular formula is C121H228F16O2. The molecule has 0 aliphatic heterocycles. The number of ether oxygens (including phenoxy) is 2. The first-order valence-electron chi connectivity index (χ1n) is 56.3. The number of rotatable bonds is 33. The van der Waals surface area contributed by atoms with Crippen LogP contribution in [0.2, 0.25) is 0 Å². The molecule has 10 rings (SSSR count). The van der Waals surface area contributed by atoms with E-state index < -0.39 is 77.5 Å². The van der Waals surface area contributed by atoms with Gasteiger partial charge in [0.05, 0.1) is 36.4 Å². The van der Waals surface area contributed by atoms with Crippen LogP contribution in [0.1, 0.15) is 466 Å². The zero-order chi connectivity index (χ0) is 108. The molecule has 0 heterocycles. The molecule has 10 aliphatic rings. The monoisotopic (exact) mass is 2020 g/mol. The van der Waals surface area contributed by atoms with Gasteiger partial charge in [-0.3, -0.25) is 0 Å². The standard InChI is InChI=1S/C14H26F2.C14H27F.C13H25F.C13H26O.C12H21F3.C12H23F.C11H19F3.C11H22O.C10H17F3.C10H18F2.CH4/c1-10(2)12-7-6-8-14(12,11(3)4)9-13(5,15)16;1-10(2)13-7-6-8-14(13,11(3)4)9-12(5)15;1-9(2)12-7-6-8-13(12,10(3)4)11(5)14;1-10(2)12-7-6-8-13(12,9-14-5)11(3)4;1-8(2)10-6-5-7-11(10,9(3)4)12(13,14)15;1-8(2)11-7-12(11,9(3)4)6-10(5)13;1-7(2)9-5-10(9,8(3)4)6-11(12,13)14;1-8(2)10-6-11(10,7-12-5)9(3)4;1-6(2)8-5-9(8,7(3)4)10(11,12)13;1-6(2)8-5-10(8,7(3)4)9(11)12;/h10-12H,6-9H2,1-5H3;10-13H,6-9H2,1-5H3;9-12H,6-8H2,1-5H3;10-12H,6-9H2,1-5H3;8-10H,5-7H2,1-4H3;8-11H,6-7H2,1-5H3;7-9H,5-6H2,1-4H3;8-10H,6-7H2,1-5H3;6-8H,5H2,1-4H3;6-9H,5H2,1-4H3;1H4. The molecule has 0 aromatic heterocycles. The lowest BCUT2D eigenvalue weighted by Gasteiger charge is -2.43. The highest BCUT2D eigenvalue weighted by molar-refractivity contribution is 5.12. The fourth-order valence-corrected chi connectivity index (χ4v) is 31.1. The van der Waals surface area contributed by atoms with Gasteiger partial charge < -0.3 is 9.47 Å². The van der Waals surface area contributed by atoms with Crippen LogP contribution in [-0.2, 0) is 9.47 Å². The van der Waals surface area contributed by atoms with Crippen molar-refractivity contribution in [2.45, 2.75) is 516 Å². The lowest BCUT2D eigenvalue weighted by atomic mass is 9.63. The van der Waals surface area contributed by atoms with E-state index in [4.69, 9.17) is 9.47 Å². The van der Waals surface area contributed by atoms with E-state index in [1.165, 1.54) is 64.2 Å². The normalized spacial score (nSPS) is 33.7. The van der Waals surface area contributed by atoms with Crippen molar-refractivity contribution in [2.24, 2.45) is 232 Å². The maximum absolute atomic E-state index is 13.9. The molecule has 0 spiro atoms. The summed E-state index contributed by atoms with van der Waals surface area (Å²) < 4.78 is 219. The van der Waals surface area contributed by atoms with E-state index in [0.717, 1.165) is 138 Å². The van der Waals surface area contributed by atoms with Crippen LogP contribution in [0.3, 0.4) is 0 Å². The molecule has 10 fully saturated rings. The van der Waals surface area contributed by atoms with Crippen LogP contribution in [0.15, 0.2) is 0 Å². The van der Waals surface area contributed by atoms with Gasteiger partial charge in [-0.05, 0) is 347 Å². The van der Waals surface area contributed by atoms with Crippen LogP contribution in [0.4, 0.5) is 70.2 Å². The van der Waals surface area contributed by atoms with Crippen LogP contribution in [-0.4, -0.2) is 76.8 Å². The largest absolute Gasteiger partial charge is 0.395 e. The Hall–Kier alpha value is -1.20. The van der Waals surface area contributed by atoms with E-state index in [1.54, 1.807) is 48.5 Å². The van der Waals surface area contributed by atoms with E-state index in [-0.39, 0.29) is 89.3 Å². The van der Waals surface area contributed by atoms with Crippen LogP contribution >= 0.6 is 0 Å². The second-order valence-electron chi connectivity index (χ2n) is 54.0. The quantitative estimate of drug-likeness (QED) is 0.0610. The van der Waals surface area contributed by atoms with Crippen LogP contribution in [0, 0.1) is 232 Å². The summed E-state index contributed by atoms with van der Waals surface area (Å²) in [4.78, 5) is 0. The van der Waals surface area contributed by atoms with Crippen molar-refractivity contribution in [1.29, 1.82) is 0 Å². The fourth-order valence-electron chi connectivity index (χ4n) is 31.1. The Morgan fingerprint density at radius 1 is 0.252 bits per heavy atom. The molecule has 2 nitrogen and oxygen atoms in total. The highest BCUT2D eigenvalue weighted by Crippen LogP contribution is 2.71. The van der Waals surface area contributed by atoms with Gasteiger partial charge in [-0.1, -0.05) is 316 Å². The van der Waals surface area contributed by atoms with Gasteiger partial charge in [0.25, 0.3) is 0 Å². The van der Waals surface area contributed by atoms with E-state index in [1.807, 2.05) is 97.3 Å². The Bertz CT molecular complexity index is 3290. The van der Waals surface area contributed by atoms with Gasteiger partial charge >= 0.3 is 18.5 Å². The van der Waals surface area contributed by atoms with E-state index in [0.29, 0.717) is 94.2 Å². The molecule has 0 N–H and O–H groups in total. The molecule has 10 saturated carbocycles. The third-order valence-corrected chi connectivity index (χ3v) is 39.6. The van der Waals surface area contributed by atoms with Crippen molar-refractivity contribution in [2.75, 3.05) is 27.4 Å². The molecule has 23 unspecified atom stereocenters. The van der Waals surface area contributed by atoms with Crippen molar-refractivity contribution in [3.63, 3.8) is 0 Å². The number of methoxy groups -OCH3 is 2. The highest BCUT2D eigenvalue weighted by atomic mass is 19.4. The summed E-state index contributed by atoms with van der Waals surface area (Å²) in [5.74, 6) is 10.4. The smallest absolute Gasteiger partial charge is 0.384 e. The van der Waals surface area contributed by atoms with Crippen molar-refractivity contribution >= 4 is 0 Å². The zero-order valence-corrected chi connectivity index (χ0v) is 97.9. The Kier molecular flexibility index (Phi) is 55.2. The minimum Gasteiger partial charge on any atom is -0.384 e. The number of hydrogen-bond acceptors (Lipinski definition) is 2. The van der Waals surface area contributed by atoms with Crippen molar-refractivity contribution in [3.8, 4) is 0 Å². The minimum atomic E-state index is -4.05. The number of alkyl halides is 16. The first-order valence-corrected chi connectivity index (χ1v) is 56.3. The summed E-state index contributed by atoms with van der Waals surface area (Å²) in [5, 5.41) is 0. The molecular weight excluding hydrogens is 1790 g/mol. The minimum absolute atomic E-state index is 0. The molecule has 0 radical (unpaired) electrons. The number of halogens is 16. The molecule has 23 atom stereocenters. The third kappa shape index (κ3) is 34.4.